The molecule has 0 bridgehead atoms. The number of carbonyl (C=O) groups is 1. The van der Waals surface area contributed by atoms with E-state index in [1.165, 1.54) is 24.1 Å². The first-order valence-corrected chi connectivity index (χ1v) is 8.46. The van der Waals surface area contributed by atoms with Gasteiger partial charge < -0.3 is 11.5 Å². The van der Waals surface area contributed by atoms with Gasteiger partial charge in [0.05, 0.1) is 0 Å². The Balaban J connectivity index is 2.11. The highest BCUT2D eigenvalue weighted by molar-refractivity contribution is 9.10. The monoisotopic (exact) mass is 344 g/mol. The van der Waals surface area contributed by atoms with Crippen LogP contribution >= 0.6 is 27.3 Å². The first-order valence-electron chi connectivity index (χ1n) is 6.79. The molecule has 0 radical (unpaired) electrons. The highest BCUT2D eigenvalue weighted by atomic mass is 79.9. The van der Waals surface area contributed by atoms with Gasteiger partial charge in [0, 0.05) is 21.8 Å². The number of rotatable bonds is 5. The van der Waals surface area contributed by atoms with E-state index in [-0.39, 0.29) is 17.4 Å². The van der Waals surface area contributed by atoms with E-state index < -0.39 is 0 Å². The second-order valence-electron chi connectivity index (χ2n) is 5.65. The van der Waals surface area contributed by atoms with Crippen LogP contribution in [0.25, 0.3) is 0 Å². The molecule has 1 aliphatic rings. The van der Waals surface area contributed by atoms with Crippen molar-refractivity contribution in [3.63, 3.8) is 0 Å². The summed E-state index contributed by atoms with van der Waals surface area (Å²) in [5, 5.41) is 2.04. The van der Waals surface area contributed by atoms with Gasteiger partial charge in [0.15, 0.2) is 0 Å². The van der Waals surface area contributed by atoms with Crippen LogP contribution < -0.4 is 11.5 Å². The number of halogens is 1. The number of nitrogens with two attached hydrogens (primary N) is 2. The van der Waals surface area contributed by atoms with E-state index in [0.29, 0.717) is 6.42 Å². The molecule has 1 amide bonds. The number of primary amides is 1. The Morgan fingerprint density at radius 2 is 2.11 bits per heavy atom. The third-order valence-electron chi connectivity index (χ3n) is 4.10. The van der Waals surface area contributed by atoms with E-state index in [1.807, 2.05) is 11.4 Å². The molecule has 1 aromatic rings. The second-order valence-corrected chi connectivity index (χ2v) is 7.45. The lowest BCUT2D eigenvalue weighted by Gasteiger charge is -2.38. The van der Waals surface area contributed by atoms with Gasteiger partial charge in [-0.05, 0) is 52.1 Å². The number of thiophene rings is 1. The molecule has 1 heterocycles. The average molecular weight is 345 g/mol. The molecule has 1 fully saturated rings. The van der Waals surface area contributed by atoms with Gasteiger partial charge in [-0.2, -0.15) is 0 Å². The van der Waals surface area contributed by atoms with Crippen molar-refractivity contribution in [2.45, 2.75) is 51.0 Å². The zero-order chi connectivity index (χ0) is 13.9. The maximum absolute atomic E-state index is 11.4. The highest BCUT2D eigenvalue weighted by Crippen LogP contribution is 2.46. The van der Waals surface area contributed by atoms with Crippen LogP contribution in [-0.4, -0.2) is 5.91 Å². The first-order chi connectivity index (χ1) is 9.02. The summed E-state index contributed by atoms with van der Waals surface area (Å²) in [4.78, 5) is 12.6. The van der Waals surface area contributed by atoms with E-state index >= 15 is 0 Å². The SMILES string of the molecule is NC(=O)CC1(CC(N)c2sccc2Br)CCCCC1. The minimum Gasteiger partial charge on any atom is -0.370 e. The molecule has 2 rings (SSSR count). The van der Waals surface area contributed by atoms with Gasteiger partial charge >= 0.3 is 0 Å². The van der Waals surface area contributed by atoms with Gasteiger partial charge in [-0.25, -0.2) is 0 Å². The Labute approximate surface area is 126 Å². The minimum atomic E-state index is -0.195. The second kappa shape index (κ2) is 6.37. The maximum atomic E-state index is 11.4. The lowest BCUT2D eigenvalue weighted by Crippen LogP contribution is -2.33. The third kappa shape index (κ3) is 3.80. The molecule has 19 heavy (non-hydrogen) atoms. The largest absolute Gasteiger partial charge is 0.370 e. The maximum Gasteiger partial charge on any atom is 0.217 e. The van der Waals surface area contributed by atoms with Crippen LogP contribution in [0.2, 0.25) is 0 Å². The lowest BCUT2D eigenvalue weighted by atomic mass is 9.68. The Morgan fingerprint density at radius 1 is 1.42 bits per heavy atom. The number of hydrogen-bond donors (Lipinski definition) is 2. The molecule has 5 heteroatoms. The van der Waals surface area contributed by atoms with Crippen LogP contribution in [0.3, 0.4) is 0 Å². The van der Waals surface area contributed by atoms with E-state index in [2.05, 4.69) is 15.9 Å². The van der Waals surface area contributed by atoms with Crippen molar-refractivity contribution in [1.29, 1.82) is 0 Å². The highest BCUT2D eigenvalue weighted by Gasteiger charge is 2.36. The molecule has 4 N–H and O–H groups in total. The summed E-state index contributed by atoms with van der Waals surface area (Å²) in [5.41, 5.74) is 11.8. The van der Waals surface area contributed by atoms with Gasteiger partial charge in [-0.3, -0.25) is 4.79 Å². The molecular weight excluding hydrogens is 324 g/mol. The minimum absolute atomic E-state index is 0.00757. The number of amides is 1. The molecule has 0 aliphatic heterocycles. The first kappa shape index (κ1) is 15.0. The average Bonchev–Trinajstić information content (AvgIpc) is 2.75. The van der Waals surface area contributed by atoms with Crippen LogP contribution in [-0.2, 0) is 4.79 Å². The molecule has 1 unspecified atom stereocenters. The normalized spacial score (nSPS) is 20.1. The zero-order valence-electron chi connectivity index (χ0n) is 11.0. The molecule has 106 valence electrons. The third-order valence-corrected chi connectivity index (χ3v) is 6.10. The molecule has 3 nitrogen and oxygen atoms in total. The Bertz CT molecular complexity index is 440. The summed E-state index contributed by atoms with van der Waals surface area (Å²) in [6.07, 6.45) is 7.12. The van der Waals surface area contributed by atoms with Crippen molar-refractivity contribution in [3.05, 3.63) is 20.8 Å². The van der Waals surface area contributed by atoms with Crippen LogP contribution in [0.5, 0.6) is 0 Å². The van der Waals surface area contributed by atoms with Gasteiger partial charge in [0.25, 0.3) is 0 Å². The summed E-state index contributed by atoms with van der Waals surface area (Å²) < 4.78 is 1.08. The standard InChI is InChI=1S/C14H21BrN2OS/c15-10-4-7-19-13(10)11(16)8-14(9-12(17)18)5-2-1-3-6-14/h4,7,11H,1-3,5-6,8-9,16H2,(H2,17,18). The summed E-state index contributed by atoms with van der Waals surface area (Å²) in [6, 6.07) is 2.02. The fourth-order valence-electron chi connectivity index (χ4n) is 3.25. The topological polar surface area (TPSA) is 69.1 Å². The van der Waals surface area contributed by atoms with E-state index in [9.17, 15) is 4.79 Å². The van der Waals surface area contributed by atoms with Crippen molar-refractivity contribution in [2.75, 3.05) is 0 Å². The van der Waals surface area contributed by atoms with Gasteiger partial charge in [0.1, 0.15) is 0 Å². The fourth-order valence-corrected chi connectivity index (χ4v) is 4.92. The molecule has 1 saturated carbocycles. The Hall–Kier alpha value is -0.390. The van der Waals surface area contributed by atoms with E-state index in [4.69, 9.17) is 11.5 Å². The molecule has 0 saturated heterocycles. The van der Waals surface area contributed by atoms with Crippen molar-refractivity contribution in [1.82, 2.24) is 0 Å². The smallest absolute Gasteiger partial charge is 0.217 e. The summed E-state index contributed by atoms with van der Waals surface area (Å²) in [6.45, 7) is 0. The van der Waals surface area contributed by atoms with Crippen molar-refractivity contribution in [2.24, 2.45) is 16.9 Å². The van der Waals surface area contributed by atoms with Gasteiger partial charge in [0.2, 0.25) is 5.91 Å². The predicted molar refractivity (Wildman–Crippen MR) is 82.9 cm³/mol. The van der Waals surface area contributed by atoms with Crippen LogP contribution in [0.4, 0.5) is 0 Å². The molecule has 1 aliphatic carbocycles. The quantitative estimate of drug-likeness (QED) is 0.854. The summed E-state index contributed by atoms with van der Waals surface area (Å²) in [5.74, 6) is -0.195. The van der Waals surface area contributed by atoms with Gasteiger partial charge in [-0.15, -0.1) is 11.3 Å². The molecular formula is C14H21BrN2OS. The Kier molecular flexibility index (Phi) is 5.03. The lowest BCUT2D eigenvalue weighted by molar-refractivity contribution is -0.121. The summed E-state index contributed by atoms with van der Waals surface area (Å²) in [7, 11) is 0. The molecule has 0 spiro atoms. The molecule has 0 aromatic carbocycles. The van der Waals surface area contributed by atoms with E-state index in [0.717, 1.165) is 23.7 Å². The number of hydrogen-bond acceptors (Lipinski definition) is 3. The Morgan fingerprint density at radius 3 is 2.63 bits per heavy atom. The number of carbonyl (C=O) groups excluding carboxylic acids is 1. The fraction of sp³-hybridized carbons (Fsp3) is 0.643. The van der Waals surface area contributed by atoms with Crippen molar-refractivity contribution < 1.29 is 4.79 Å². The molecule has 1 atom stereocenters. The van der Waals surface area contributed by atoms with Crippen LogP contribution in [0.1, 0.15) is 55.9 Å². The van der Waals surface area contributed by atoms with Crippen LogP contribution in [0, 0.1) is 5.41 Å². The summed E-state index contributed by atoms with van der Waals surface area (Å²) >= 11 is 5.21. The van der Waals surface area contributed by atoms with Gasteiger partial charge in [-0.1, -0.05) is 19.3 Å². The van der Waals surface area contributed by atoms with Crippen molar-refractivity contribution in [3.8, 4) is 0 Å². The molecule has 1 aromatic heterocycles. The van der Waals surface area contributed by atoms with Crippen molar-refractivity contribution >= 4 is 33.2 Å². The zero-order valence-corrected chi connectivity index (χ0v) is 13.4. The predicted octanol–water partition coefficient (Wildman–Crippen LogP) is 3.73. The van der Waals surface area contributed by atoms with E-state index in [1.54, 1.807) is 11.3 Å². The van der Waals surface area contributed by atoms with Crippen LogP contribution in [0.15, 0.2) is 15.9 Å².